The van der Waals surface area contributed by atoms with Crippen LogP contribution in [-0.2, 0) is 11.2 Å². The Hall–Kier alpha value is -2.30. The van der Waals surface area contributed by atoms with Crippen molar-refractivity contribution >= 4 is 34.1 Å². The molecule has 5 rings (SSSR count). The average Bonchev–Trinajstić information content (AvgIpc) is 3.09. The summed E-state index contributed by atoms with van der Waals surface area (Å²) < 4.78 is 0. The van der Waals surface area contributed by atoms with Crippen LogP contribution in [0.25, 0.3) is 10.9 Å². The number of hydrogen-bond acceptors (Lipinski definition) is 2. The predicted molar refractivity (Wildman–Crippen MR) is 109 cm³/mol. The van der Waals surface area contributed by atoms with Gasteiger partial charge in [0.1, 0.15) is 0 Å². The number of piperidine rings is 1. The summed E-state index contributed by atoms with van der Waals surface area (Å²) in [5, 5.41) is 5.10. The minimum atomic E-state index is -0.0253. The Morgan fingerprint density at radius 1 is 1.22 bits per heavy atom. The topological polar surface area (TPSA) is 48.1 Å². The first kappa shape index (κ1) is 16.8. The molecule has 1 aromatic heterocycles. The molecule has 1 fully saturated rings. The van der Waals surface area contributed by atoms with Crippen molar-refractivity contribution in [1.82, 2.24) is 9.88 Å². The van der Waals surface area contributed by atoms with Crippen molar-refractivity contribution in [2.24, 2.45) is 5.92 Å². The van der Waals surface area contributed by atoms with Gasteiger partial charge in [-0.05, 0) is 61.3 Å². The van der Waals surface area contributed by atoms with E-state index in [-0.39, 0.29) is 11.8 Å². The van der Waals surface area contributed by atoms with E-state index in [0.717, 1.165) is 25.1 Å². The van der Waals surface area contributed by atoms with Gasteiger partial charge in [-0.25, -0.2) is 0 Å². The maximum Gasteiger partial charge on any atom is 0.228 e. The quantitative estimate of drug-likeness (QED) is 0.692. The lowest BCUT2D eigenvalue weighted by molar-refractivity contribution is -0.122. The zero-order valence-electron chi connectivity index (χ0n) is 15.2. The number of likely N-dealkylation sites (tertiary alicyclic amines) is 1. The van der Waals surface area contributed by atoms with Crippen molar-refractivity contribution in [2.45, 2.75) is 24.8 Å². The maximum absolute atomic E-state index is 12.9. The predicted octanol–water partition coefficient (Wildman–Crippen LogP) is 4.42. The zero-order chi connectivity index (χ0) is 18.5. The van der Waals surface area contributed by atoms with Gasteiger partial charge in [-0.15, -0.1) is 0 Å². The summed E-state index contributed by atoms with van der Waals surface area (Å²) in [4.78, 5) is 18.7. The van der Waals surface area contributed by atoms with E-state index in [1.807, 2.05) is 12.1 Å². The van der Waals surface area contributed by atoms with Crippen molar-refractivity contribution in [1.29, 1.82) is 0 Å². The second kappa shape index (κ2) is 6.39. The molecule has 138 valence electrons. The summed E-state index contributed by atoms with van der Waals surface area (Å²) in [7, 11) is 2.15. The second-order valence-electron chi connectivity index (χ2n) is 7.83. The molecule has 0 spiro atoms. The molecule has 0 bridgehead atoms. The van der Waals surface area contributed by atoms with E-state index in [2.05, 4.69) is 46.6 Å². The molecule has 1 aliphatic heterocycles. The van der Waals surface area contributed by atoms with Crippen LogP contribution in [0.15, 0.2) is 48.7 Å². The van der Waals surface area contributed by atoms with Crippen molar-refractivity contribution < 1.29 is 4.79 Å². The highest BCUT2D eigenvalue weighted by molar-refractivity contribution is 6.30. The van der Waals surface area contributed by atoms with Crippen molar-refractivity contribution in [3.8, 4) is 0 Å². The van der Waals surface area contributed by atoms with E-state index in [9.17, 15) is 4.79 Å². The first-order valence-corrected chi connectivity index (χ1v) is 9.83. The lowest BCUT2D eigenvalue weighted by atomic mass is 9.72. The fourth-order valence-corrected chi connectivity index (χ4v) is 5.04. The minimum absolute atomic E-state index is 0.0253. The summed E-state index contributed by atoms with van der Waals surface area (Å²) in [5.74, 6) is 0.453. The molecular weight excluding hydrogens is 358 g/mol. The molecule has 1 aliphatic carbocycles. The number of H-pyrrole nitrogens is 1. The molecule has 2 heterocycles. The van der Waals surface area contributed by atoms with Crippen molar-refractivity contribution in [2.75, 3.05) is 18.9 Å². The number of anilines is 1. The van der Waals surface area contributed by atoms with Crippen LogP contribution in [0.4, 0.5) is 5.69 Å². The largest absolute Gasteiger partial charge is 0.361 e. The molecule has 3 atom stereocenters. The van der Waals surface area contributed by atoms with Gasteiger partial charge in [0.25, 0.3) is 0 Å². The highest BCUT2D eigenvalue weighted by Crippen LogP contribution is 2.44. The van der Waals surface area contributed by atoms with Gasteiger partial charge in [-0.2, -0.15) is 0 Å². The number of hydrogen-bond donors (Lipinski definition) is 2. The lowest BCUT2D eigenvalue weighted by Gasteiger charge is -2.45. The Balaban J connectivity index is 1.42. The van der Waals surface area contributed by atoms with Gasteiger partial charge in [0.05, 0.1) is 5.92 Å². The number of rotatable bonds is 2. The molecule has 5 heteroatoms. The molecular formula is C22H22ClN3O. The third-order valence-electron chi connectivity index (χ3n) is 6.21. The van der Waals surface area contributed by atoms with Gasteiger partial charge < -0.3 is 15.2 Å². The number of halogens is 1. The van der Waals surface area contributed by atoms with Crippen LogP contribution in [0.3, 0.4) is 0 Å². The van der Waals surface area contributed by atoms with E-state index >= 15 is 0 Å². The number of carbonyl (C=O) groups is 1. The molecule has 2 aliphatic rings. The molecule has 1 amide bonds. The summed E-state index contributed by atoms with van der Waals surface area (Å²) in [6.07, 6.45) is 4.08. The van der Waals surface area contributed by atoms with Crippen LogP contribution in [0.2, 0.25) is 5.02 Å². The molecule has 27 heavy (non-hydrogen) atoms. The number of fused-ring (bicyclic) bond motifs is 2. The van der Waals surface area contributed by atoms with Crippen LogP contribution in [0, 0.1) is 5.92 Å². The number of amides is 1. The van der Waals surface area contributed by atoms with Crippen molar-refractivity contribution in [3.63, 3.8) is 0 Å². The summed E-state index contributed by atoms with van der Waals surface area (Å²) >= 11 is 5.94. The average molecular weight is 380 g/mol. The Kier molecular flexibility index (Phi) is 3.99. The Bertz CT molecular complexity index is 1010. The Morgan fingerprint density at radius 3 is 2.85 bits per heavy atom. The number of aromatic amines is 1. The number of carbonyl (C=O) groups excluding carboxylic acids is 1. The highest BCUT2D eigenvalue weighted by Gasteiger charge is 2.41. The smallest absolute Gasteiger partial charge is 0.228 e. The molecule has 0 saturated carbocycles. The van der Waals surface area contributed by atoms with Gasteiger partial charge in [-0.1, -0.05) is 23.7 Å². The normalized spacial score (nSPS) is 24.6. The molecule has 0 unspecified atom stereocenters. The number of likely N-dealkylation sites (N-methyl/N-ethyl adjacent to an activating group) is 1. The van der Waals surface area contributed by atoms with E-state index in [4.69, 9.17) is 11.6 Å². The third-order valence-corrected chi connectivity index (χ3v) is 6.46. The van der Waals surface area contributed by atoms with Crippen LogP contribution >= 0.6 is 11.6 Å². The van der Waals surface area contributed by atoms with E-state index in [0.29, 0.717) is 17.0 Å². The van der Waals surface area contributed by atoms with Gasteiger partial charge in [0, 0.05) is 46.3 Å². The number of nitrogens with zero attached hydrogens (tertiary/aromatic N) is 1. The Morgan fingerprint density at radius 2 is 2.04 bits per heavy atom. The fraction of sp³-hybridized carbons (Fsp3) is 0.318. The molecule has 3 aromatic rings. The maximum atomic E-state index is 12.9. The first-order chi connectivity index (χ1) is 13.1. The van der Waals surface area contributed by atoms with Gasteiger partial charge in [0.2, 0.25) is 5.91 Å². The van der Waals surface area contributed by atoms with Crippen LogP contribution in [0.1, 0.15) is 23.5 Å². The van der Waals surface area contributed by atoms with Crippen LogP contribution in [0.5, 0.6) is 0 Å². The molecule has 1 saturated heterocycles. The van der Waals surface area contributed by atoms with E-state index < -0.39 is 0 Å². The summed E-state index contributed by atoms with van der Waals surface area (Å²) in [6.45, 7) is 0.788. The molecule has 0 radical (unpaired) electrons. The molecule has 4 nitrogen and oxygen atoms in total. The minimum Gasteiger partial charge on any atom is -0.361 e. The van der Waals surface area contributed by atoms with Crippen LogP contribution in [-0.4, -0.2) is 35.4 Å². The highest BCUT2D eigenvalue weighted by atomic mass is 35.5. The first-order valence-electron chi connectivity index (χ1n) is 9.45. The second-order valence-corrected chi connectivity index (χ2v) is 8.27. The van der Waals surface area contributed by atoms with Crippen LogP contribution < -0.4 is 5.32 Å². The summed E-state index contributed by atoms with van der Waals surface area (Å²) in [6, 6.07) is 14.3. The van der Waals surface area contributed by atoms with E-state index in [1.165, 1.54) is 22.0 Å². The Labute approximate surface area is 163 Å². The van der Waals surface area contributed by atoms with E-state index in [1.54, 1.807) is 12.1 Å². The third kappa shape index (κ3) is 2.84. The van der Waals surface area contributed by atoms with Gasteiger partial charge in [0.15, 0.2) is 0 Å². The number of aromatic nitrogens is 1. The van der Waals surface area contributed by atoms with Crippen molar-refractivity contribution in [3.05, 3.63) is 64.8 Å². The summed E-state index contributed by atoms with van der Waals surface area (Å²) in [5.41, 5.74) is 4.79. The lowest BCUT2D eigenvalue weighted by Crippen LogP contribution is -2.50. The zero-order valence-corrected chi connectivity index (χ0v) is 16.0. The molecule has 2 N–H and O–H groups in total. The monoisotopic (exact) mass is 379 g/mol. The molecule has 2 aromatic carbocycles. The standard InChI is InChI=1S/C22H22ClN3O/c1-26-12-14(22(27)25-16-7-5-15(23)6-8-16)9-18-17-3-2-4-19-21(17)13(11-24-19)10-20(18)26/h2-8,11,14,18,20,24H,9-10,12H2,1H3,(H,25,27)/t14-,18+,20+/m0/s1. The number of benzene rings is 2. The fourth-order valence-electron chi connectivity index (χ4n) is 4.91. The van der Waals surface area contributed by atoms with Gasteiger partial charge in [-0.3, -0.25) is 4.79 Å². The SMILES string of the molecule is CN1C[C@@H](C(=O)Nc2ccc(Cl)cc2)C[C@@H]2c3cccc4[nH]cc(c34)C[C@H]21. The number of nitrogens with one attached hydrogen (secondary N) is 2. The van der Waals surface area contributed by atoms with Gasteiger partial charge >= 0.3 is 0 Å².